The van der Waals surface area contributed by atoms with E-state index in [1.54, 1.807) is 24.6 Å². The number of hydrogen-bond acceptors (Lipinski definition) is 6. The molecule has 0 bridgehead atoms. The predicted octanol–water partition coefficient (Wildman–Crippen LogP) is 8.26. The minimum atomic E-state index is -0.295. The minimum absolute atomic E-state index is 0.295. The fraction of sp³-hybridized carbons (Fsp3) is 0.294. The first-order valence-electron chi connectivity index (χ1n) is 14.8. The maximum Gasteiger partial charge on any atom is 0.316 e. The Morgan fingerprint density at radius 3 is 2.57 bits per heavy atom. The van der Waals surface area contributed by atoms with E-state index in [0.29, 0.717) is 24.2 Å². The molecule has 0 saturated heterocycles. The van der Waals surface area contributed by atoms with Gasteiger partial charge in [-0.1, -0.05) is 57.2 Å². The highest BCUT2D eigenvalue weighted by Crippen LogP contribution is 2.39. The van der Waals surface area contributed by atoms with Gasteiger partial charge in [-0.05, 0) is 55.3 Å². The second kappa shape index (κ2) is 12.9. The van der Waals surface area contributed by atoms with Gasteiger partial charge in [0.15, 0.2) is 0 Å². The standard InChI is InChI=1S/C34H34FN5O2/c1-2-3-4-5-6-9-22-41-34-36-21-20-29(38-34)33-32(25-12-15-26(35)16-13-25)39-30-18-17-27(40(30)33)23-42-31-19-14-24-10-7-8-11-28(24)37-31/h7-8,10-16,19-21,23H,2-6,9,17-18,22H2,1H3/b27-23+. The summed E-state index contributed by atoms with van der Waals surface area (Å²) in [6.07, 6.45) is 12.0. The number of aromatic nitrogens is 5. The van der Waals surface area contributed by atoms with Gasteiger partial charge in [-0.15, -0.1) is 0 Å². The Balaban J connectivity index is 1.30. The molecule has 0 saturated carbocycles. The molecule has 1 aliphatic heterocycles. The second-order valence-electron chi connectivity index (χ2n) is 10.5. The van der Waals surface area contributed by atoms with Gasteiger partial charge in [0, 0.05) is 29.6 Å². The van der Waals surface area contributed by atoms with Crippen LogP contribution < -0.4 is 9.47 Å². The number of aryl methyl sites for hydroxylation is 1. The third kappa shape index (κ3) is 6.17. The van der Waals surface area contributed by atoms with Crippen molar-refractivity contribution >= 4 is 16.6 Å². The molecule has 3 aromatic heterocycles. The molecule has 2 aromatic carbocycles. The molecule has 1 aliphatic rings. The lowest BCUT2D eigenvalue weighted by atomic mass is 10.1. The Hall–Kier alpha value is -4.59. The van der Waals surface area contributed by atoms with Gasteiger partial charge in [-0.3, -0.25) is 4.57 Å². The van der Waals surface area contributed by atoms with Crippen molar-refractivity contribution in [2.24, 2.45) is 0 Å². The summed E-state index contributed by atoms with van der Waals surface area (Å²) in [5.74, 6) is 1.11. The number of allylic oxidation sites excluding steroid dienone is 1. The molecule has 0 spiro atoms. The Labute approximate surface area is 245 Å². The van der Waals surface area contributed by atoms with E-state index < -0.39 is 0 Å². The summed E-state index contributed by atoms with van der Waals surface area (Å²) in [4.78, 5) is 18.8. The van der Waals surface area contributed by atoms with Crippen molar-refractivity contribution < 1.29 is 13.9 Å². The van der Waals surface area contributed by atoms with Gasteiger partial charge < -0.3 is 9.47 Å². The molecule has 0 atom stereocenters. The molecule has 0 fully saturated rings. The second-order valence-corrected chi connectivity index (χ2v) is 10.5. The quantitative estimate of drug-likeness (QED) is 0.112. The number of imidazole rings is 1. The predicted molar refractivity (Wildman–Crippen MR) is 162 cm³/mol. The van der Waals surface area contributed by atoms with E-state index in [0.717, 1.165) is 65.1 Å². The first-order valence-corrected chi connectivity index (χ1v) is 14.8. The molecule has 0 N–H and O–H groups in total. The van der Waals surface area contributed by atoms with Crippen molar-refractivity contribution in [3.63, 3.8) is 0 Å². The Bertz CT molecular complexity index is 1700. The zero-order chi connectivity index (χ0) is 28.7. The molecular formula is C34H34FN5O2. The summed E-state index contributed by atoms with van der Waals surface area (Å²) in [6.45, 7) is 2.79. The molecule has 7 nitrogen and oxygen atoms in total. The lowest BCUT2D eigenvalue weighted by Gasteiger charge is -2.12. The number of ether oxygens (including phenoxy) is 2. The van der Waals surface area contributed by atoms with Gasteiger partial charge in [0.1, 0.15) is 17.9 Å². The molecular weight excluding hydrogens is 529 g/mol. The number of halogens is 1. The third-order valence-electron chi connectivity index (χ3n) is 7.45. The topological polar surface area (TPSA) is 75.0 Å². The summed E-state index contributed by atoms with van der Waals surface area (Å²) in [5.41, 5.74) is 4.80. The van der Waals surface area contributed by atoms with Crippen LogP contribution in [0.1, 0.15) is 57.7 Å². The third-order valence-corrected chi connectivity index (χ3v) is 7.45. The summed E-state index contributed by atoms with van der Waals surface area (Å²) < 4.78 is 27.9. The van der Waals surface area contributed by atoms with Crippen LogP contribution in [0.15, 0.2) is 79.2 Å². The maximum absolute atomic E-state index is 13.8. The Morgan fingerprint density at radius 1 is 0.857 bits per heavy atom. The van der Waals surface area contributed by atoms with Crippen molar-refractivity contribution in [3.05, 3.63) is 90.8 Å². The van der Waals surface area contributed by atoms with Crippen molar-refractivity contribution in [1.29, 1.82) is 0 Å². The van der Waals surface area contributed by atoms with E-state index in [1.807, 2.05) is 42.5 Å². The van der Waals surface area contributed by atoms with Crippen molar-refractivity contribution in [3.8, 4) is 34.5 Å². The van der Waals surface area contributed by atoms with E-state index in [2.05, 4.69) is 21.5 Å². The number of hydrogen-bond donors (Lipinski definition) is 0. The summed E-state index contributed by atoms with van der Waals surface area (Å²) in [6, 6.07) is 20.4. The molecule has 0 radical (unpaired) electrons. The lowest BCUT2D eigenvalue weighted by Crippen LogP contribution is -2.04. The number of nitrogens with zero attached hydrogens (tertiary/aromatic N) is 5. The number of para-hydroxylation sites is 1. The van der Waals surface area contributed by atoms with Crippen molar-refractivity contribution in [1.82, 2.24) is 24.5 Å². The highest BCUT2D eigenvalue weighted by atomic mass is 19.1. The highest BCUT2D eigenvalue weighted by Gasteiger charge is 2.28. The average molecular weight is 564 g/mol. The number of benzene rings is 2. The van der Waals surface area contributed by atoms with Gasteiger partial charge in [0.25, 0.3) is 0 Å². The van der Waals surface area contributed by atoms with Crippen LogP contribution >= 0.6 is 0 Å². The fourth-order valence-electron chi connectivity index (χ4n) is 5.28. The zero-order valence-corrected chi connectivity index (χ0v) is 23.8. The smallest absolute Gasteiger partial charge is 0.316 e. The van der Waals surface area contributed by atoms with E-state index in [4.69, 9.17) is 19.4 Å². The van der Waals surface area contributed by atoms with Crippen LogP contribution in [0.3, 0.4) is 0 Å². The highest BCUT2D eigenvalue weighted by molar-refractivity contribution is 5.81. The van der Waals surface area contributed by atoms with Gasteiger partial charge >= 0.3 is 6.01 Å². The zero-order valence-electron chi connectivity index (χ0n) is 23.8. The molecule has 214 valence electrons. The monoisotopic (exact) mass is 563 g/mol. The largest absolute Gasteiger partial charge is 0.463 e. The molecule has 6 rings (SSSR count). The van der Waals surface area contributed by atoms with Crippen LogP contribution in [0.4, 0.5) is 4.39 Å². The van der Waals surface area contributed by atoms with Crippen molar-refractivity contribution in [2.75, 3.05) is 6.61 Å². The SMILES string of the molecule is CCCCCCCCOc1nccc(-c2c(-c3ccc(F)cc3)nc3n2/C(=C/Oc2ccc4ccccc4n2)CC3)n1. The van der Waals surface area contributed by atoms with Crippen LogP contribution in [0.5, 0.6) is 11.9 Å². The van der Waals surface area contributed by atoms with E-state index in [1.165, 1.54) is 37.8 Å². The van der Waals surface area contributed by atoms with Gasteiger partial charge in [0.2, 0.25) is 5.88 Å². The van der Waals surface area contributed by atoms with Gasteiger partial charge in [0.05, 0.1) is 34.9 Å². The molecule has 0 amide bonds. The maximum atomic E-state index is 13.8. The van der Waals surface area contributed by atoms with Crippen LogP contribution in [0.2, 0.25) is 0 Å². The Morgan fingerprint density at radius 2 is 1.69 bits per heavy atom. The molecule has 42 heavy (non-hydrogen) atoms. The van der Waals surface area contributed by atoms with E-state index in [-0.39, 0.29) is 5.82 Å². The van der Waals surface area contributed by atoms with Crippen LogP contribution in [-0.2, 0) is 6.42 Å². The number of rotatable bonds is 12. The Kier molecular flexibility index (Phi) is 8.49. The summed E-state index contributed by atoms with van der Waals surface area (Å²) >= 11 is 0. The van der Waals surface area contributed by atoms with Gasteiger partial charge in [-0.25, -0.2) is 19.3 Å². The average Bonchev–Trinajstić information content (AvgIpc) is 3.59. The molecule has 4 heterocycles. The van der Waals surface area contributed by atoms with Crippen LogP contribution in [0, 0.1) is 5.82 Å². The van der Waals surface area contributed by atoms with Crippen LogP contribution in [-0.4, -0.2) is 31.1 Å². The molecule has 0 aliphatic carbocycles. The minimum Gasteiger partial charge on any atom is -0.463 e. The number of pyridine rings is 1. The number of unbranched alkanes of at least 4 members (excludes halogenated alkanes) is 5. The first-order chi connectivity index (χ1) is 20.7. The van der Waals surface area contributed by atoms with E-state index >= 15 is 0 Å². The number of fused-ring (bicyclic) bond motifs is 2. The summed E-state index contributed by atoms with van der Waals surface area (Å²) in [5, 5.41) is 1.06. The molecule has 0 unspecified atom stereocenters. The molecule has 5 aromatic rings. The first kappa shape index (κ1) is 27.6. The normalized spacial score (nSPS) is 13.5. The van der Waals surface area contributed by atoms with Crippen molar-refractivity contribution in [2.45, 2.75) is 58.3 Å². The van der Waals surface area contributed by atoms with E-state index in [9.17, 15) is 4.39 Å². The van der Waals surface area contributed by atoms with Gasteiger partial charge in [-0.2, -0.15) is 4.98 Å². The van der Waals surface area contributed by atoms with Crippen LogP contribution in [0.25, 0.3) is 39.2 Å². The molecule has 8 heteroatoms. The fourth-order valence-corrected chi connectivity index (χ4v) is 5.28. The summed E-state index contributed by atoms with van der Waals surface area (Å²) in [7, 11) is 0. The lowest BCUT2D eigenvalue weighted by molar-refractivity contribution is 0.281.